The topological polar surface area (TPSA) is 71.2 Å². The molecule has 2 N–H and O–H groups in total. The molecule has 1 aromatic heterocycles. The van der Waals surface area contributed by atoms with Crippen molar-refractivity contribution < 1.29 is 22.7 Å². The molecule has 0 radical (unpaired) electrons. The van der Waals surface area contributed by atoms with Crippen molar-refractivity contribution in [1.29, 1.82) is 0 Å². The van der Waals surface area contributed by atoms with Crippen LogP contribution in [-0.2, 0) is 6.18 Å². The molecule has 1 aliphatic carbocycles. The number of nitrogens with one attached hydrogen (secondary N) is 2. The molecule has 1 unspecified atom stereocenters. The Kier molecular flexibility index (Phi) is 4.80. The lowest BCUT2D eigenvalue weighted by atomic mass is 9.79. The van der Waals surface area contributed by atoms with Gasteiger partial charge in [0.1, 0.15) is 22.8 Å². The zero-order chi connectivity index (χ0) is 22.5. The summed E-state index contributed by atoms with van der Waals surface area (Å²) in [7, 11) is 0. The lowest BCUT2D eigenvalue weighted by molar-refractivity contribution is -0.141. The molecule has 2 aromatic carbocycles. The van der Waals surface area contributed by atoms with Crippen LogP contribution < -0.4 is 15.6 Å². The minimum atomic E-state index is -4.70. The van der Waals surface area contributed by atoms with Gasteiger partial charge in [-0.15, -0.1) is 0 Å². The predicted molar refractivity (Wildman–Crippen MR) is 111 cm³/mol. The van der Waals surface area contributed by atoms with E-state index in [-0.39, 0.29) is 0 Å². The van der Waals surface area contributed by atoms with Crippen LogP contribution >= 0.6 is 0 Å². The van der Waals surface area contributed by atoms with Gasteiger partial charge in [0.05, 0.1) is 6.04 Å². The van der Waals surface area contributed by atoms with E-state index < -0.39 is 34.9 Å². The minimum absolute atomic E-state index is 0.394. The first-order valence-corrected chi connectivity index (χ1v) is 10.3. The molecule has 1 atom stereocenters. The summed E-state index contributed by atoms with van der Waals surface area (Å²) in [5.74, 6) is 0.938. The van der Waals surface area contributed by atoms with Crippen molar-refractivity contribution in [1.82, 2.24) is 10.3 Å². The second kappa shape index (κ2) is 7.55. The molecule has 5 nitrogen and oxygen atoms in total. The Morgan fingerprint density at radius 1 is 1.00 bits per heavy atom. The van der Waals surface area contributed by atoms with Gasteiger partial charge in [0.15, 0.2) is 0 Å². The van der Waals surface area contributed by atoms with Crippen molar-refractivity contribution in [2.24, 2.45) is 0 Å². The minimum Gasteiger partial charge on any atom is -0.457 e. The van der Waals surface area contributed by atoms with E-state index in [0.29, 0.717) is 29.0 Å². The molecule has 1 amide bonds. The van der Waals surface area contributed by atoms with Crippen molar-refractivity contribution in [3.05, 3.63) is 92.9 Å². The SMILES string of the molecule is O=C(NC1c2ccccc2Oc2cc(C3CCC3)ccc21)c1ccc(C(F)(F)F)[nH]c1=O. The molecule has 0 saturated heterocycles. The van der Waals surface area contributed by atoms with E-state index >= 15 is 0 Å². The third-order valence-electron chi connectivity index (χ3n) is 6.11. The van der Waals surface area contributed by atoms with E-state index in [4.69, 9.17) is 4.74 Å². The highest BCUT2D eigenvalue weighted by atomic mass is 19.4. The number of H-pyrrole nitrogens is 1. The Morgan fingerprint density at radius 2 is 1.75 bits per heavy atom. The standard InChI is InChI=1S/C24H19F3N2O3/c25-24(26,27)20-11-10-17(22(30)28-20)23(31)29-21-15-6-1-2-7-18(15)32-19-12-14(8-9-16(19)21)13-4-3-5-13/h1-2,6-13,21H,3-5H2,(H,28,30)(H,29,31). The average Bonchev–Trinajstić information content (AvgIpc) is 2.71. The molecule has 5 rings (SSSR count). The van der Waals surface area contributed by atoms with Gasteiger partial charge in [-0.2, -0.15) is 13.2 Å². The lowest BCUT2D eigenvalue weighted by Gasteiger charge is -2.31. The lowest BCUT2D eigenvalue weighted by Crippen LogP contribution is -2.35. The first-order valence-electron chi connectivity index (χ1n) is 10.3. The normalized spacial score (nSPS) is 17.5. The molecule has 1 saturated carbocycles. The fourth-order valence-corrected chi connectivity index (χ4v) is 4.15. The second-order valence-corrected chi connectivity index (χ2v) is 8.08. The Bertz CT molecular complexity index is 1260. The van der Waals surface area contributed by atoms with Gasteiger partial charge < -0.3 is 15.0 Å². The smallest absolute Gasteiger partial charge is 0.431 e. The Morgan fingerprint density at radius 3 is 2.44 bits per heavy atom. The fraction of sp³-hybridized carbons (Fsp3) is 0.250. The number of carbonyl (C=O) groups is 1. The van der Waals surface area contributed by atoms with Crippen LogP contribution in [0.3, 0.4) is 0 Å². The third-order valence-corrected chi connectivity index (χ3v) is 6.11. The number of aromatic amines is 1. The number of aromatic nitrogens is 1. The van der Waals surface area contributed by atoms with Crippen LogP contribution in [0.15, 0.2) is 59.4 Å². The highest BCUT2D eigenvalue weighted by Crippen LogP contribution is 2.45. The molecular weight excluding hydrogens is 421 g/mol. The van der Waals surface area contributed by atoms with Gasteiger partial charge in [-0.25, -0.2) is 0 Å². The largest absolute Gasteiger partial charge is 0.457 e. The summed E-state index contributed by atoms with van der Waals surface area (Å²) < 4.78 is 44.6. The molecule has 2 heterocycles. The summed E-state index contributed by atoms with van der Waals surface area (Å²) in [6.45, 7) is 0. The first-order chi connectivity index (χ1) is 15.3. The predicted octanol–water partition coefficient (Wildman–Crippen LogP) is 5.29. The van der Waals surface area contributed by atoms with Crippen LogP contribution in [0.4, 0.5) is 13.2 Å². The van der Waals surface area contributed by atoms with E-state index in [2.05, 4.69) is 5.32 Å². The average molecular weight is 440 g/mol. The summed E-state index contributed by atoms with van der Waals surface area (Å²) in [6.07, 6.45) is -1.24. The van der Waals surface area contributed by atoms with Crippen molar-refractivity contribution in [3.63, 3.8) is 0 Å². The number of alkyl halides is 3. The van der Waals surface area contributed by atoms with E-state index in [1.807, 2.05) is 24.3 Å². The number of pyridine rings is 1. The number of amides is 1. The Labute approximate surface area is 181 Å². The number of halogens is 3. The molecular formula is C24H19F3N2O3. The molecule has 8 heteroatoms. The van der Waals surface area contributed by atoms with Gasteiger partial charge in [0.25, 0.3) is 11.5 Å². The highest BCUT2D eigenvalue weighted by molar-refractivity contribution is 5.94. The Balaban J connectivity index is 1.49. The molecule has 164 valence electrons. The van der Waals surface area contributed by atoms with E-state index in [1.165, 1.54) is 12.0 Å². The van der Waals surface area contributed by atoms with Gasteiger partial charge in [-0.05, 0) is 48.6 Å². The number of rotatable bonds is 3. The third kappa shape index (κ3) is 3.55. The maximum Gasteiger partial charge on any atom is 0.431 e. The number of carbonyl (C=O) groups excluding carboxylic acids is 1. The summed E-state index contributed by atoms with van der Waals surface area (Å²) in [6, 6.07) is 14.1. The van der Waals surface area contributed by atoms with Crippen molar-refractivity contribution in [2.75, 3.05) is 0 Å². The molecule has 1 aliphatic heterocycles. The number of benzene rings is 2. The van der Waals surface area contributed by atoms with E-state index in [0.717, 1.165) is 24.5 Å². The molecule has 32 heavy (non-hydrogen) atoms. The van der Waals surface area contributed by atoms with Crippen LogP contribution in [0, 0.1) is 0 Å². The summed E-state index contributed by atoms with van der Waals surface area (Å²) in [4.78, 5) is 26.8. The monoisotopic (exact) mass is 440 g/mol. The number of hydrogen-bond donors (Lipinski definition) is 2. The number of ether oxygens (including phenoxy) is 1. The van der Waals surface area contributed by atoms with E-state index in [1.54, 1.807) is 23.2 Å². The number of hydrogen-bond acceptors (Lipinski definition) is 3. The van der Waals surface area contributed by atoms with Gasteiger partial charge in [-0.3, -0.25) is 9.59 Å². The molecule has 0 bridgehead atoms. The van der Waals surface area contributed by atoms with Gasteiger partial charge in [0.2, 0.25) is 0 Å². The van der Waals surface area contributed by atoms with Crippen LogP contribution in [-0.4, -0.2) is 10.9 Å². The van der Waals surface area contributed by atoms with Crippen LogP contribution in [0.5, 0.6) is 11.5 Å². The second-order valence-electron chi connectivity index (χ2n) is 8.08. The van der Waals surface area contributed by atoms with Crippen molar-refractivity contribution in [2.45, 2.75) is 37.4 Å². The van der Waals surface area contributed by atoms with Crippen LogP contribution in [0.2, 0.25) is 0 Å². The molecule has 1 fully saturated rings. The zero-order valence-electron chi connectivity index (χ0n) is 16.8. The summed E-state index contributed by atoms with van der Waals surface area (Å²) >= 11 is 0. The van der Waals surface area contributed by atoms with Crippen molar-refractivity contribution >= 4 is 5.91 Å². The van der Waals surface area contributed by atoms with E-state index in [9.17, 15) is 22.8 Å². The van der Waals surface area contributed by atoms with Gasteiger partial charge in [0, 0.05) is 11.1 Å². The maximum atomic E-state index is 12.9. The highest BCUT2D eigenvalue weighted by Gasteiger charge is 2.34. The van der Waals surface area contributed by atoms with Crippen LogP contribution in [0.1, 0.15) is 64.0 Å². The number of para-hydroxylation sites is 1. The van der Waals surface area contributed by atoms with Gasteiger partial charge in [-0.1, -0.05) is 36.8 Å². The van der Waals surface area contributed by atoms with Crippen LogP contribution in [0.25, 0.3) is 0 Å². The molecule has 2 aliphatic rings. The quantitative estimate of drug-likeness (QED) is 0.582. The number of fused-ring (bicyclic) bond motifs is 2. The summed E-state index contributed by atoms with van der Waals surface area (Å²) in [5, 5.41) is 2.80. The van der Waals surface area contributed by atoms with Crippen molar-refractivity contribution in [3.8, 4) is 11.5 Å². The Hall–Kier alpha value is -3.55. The maximum absolute atomic E-state index is 12.9. The summed E-state index contributed by atoms with van der Waals surface area (Å²) in [5.41, 5.74) is -0.0904. The molecule has 0 spiro atoms. The zero-order valence-corrected chi connectivity index (χ0v) is 16.8. The first kappa shape index (κ1) is 20.4. The molecule has 3 aromatic rings. The van der Waals surface area contributed by atoms with Gasteiger partial charge >= 0.3 is 6.18 Å². The fourth-order valence-electron chi connectivity index (χ4n) is 4.15.